The van der Waals surface area contributed by atoms with Crippen LogP contribution in [0, 0.1) is 19.8 Å². The molecule has 0 fully saturated rings. The normalized spacial score (nSPS) is 12.5. The number of rotatable bonds is 5. The fraction of sp³-hybridized carbons (Fsp3) is 0.571. The van der Waals surface area contributed by atoms with Crippen molar-refractivity contribution in [3.8, 4) is 5.75 Å². The van der Waals surface area contributed by atoms with Gasteiger partial charge in [0.05, 0.1) is 0 Å². The van der Waals surface area contributed by atoms with Crippen LogP contribution in [0.4, 0.5) is 5.69 Å². The van der Waals surface area contributed by atoms with Gasteiger partial charge in [-0.3, -0.25) is 0 Å². The van der Waals surface area contributed by atoms with E-state index in [1.807, 2.05) is 26.0 Å². The van der Waals surface area contributed by atoms with Gasteiger partial charge in [-0.15, -0.1) is 0 Å². The van der Waals surface area contributed by atoms with Crippen LogP contribution in [0.3, 0.4) is 0 Å². The van der Waals surface area contributed by atoms with E-state index in [2.05, 4.69) is 19.2 Å². The summed E-state index contributed by atoms with van der Waals surface area (Å²) in [4.78, 5) is 0. The molecule has 1 rings (SSSR count). The van der Waals surface area contributed by atoms with E-state index in [4.69, 9.17) is 0 Å². The Morgan fingerprint density at radius 3 is 2.56 bits per heavy atom. The fourth-order valence-corrected chi connectivity index (χ4v) is 1.87. The van der Waals surface area contributed by atoms with Gasteiger partial charge in [0.1, 0.15) is 5.75 Å². The number of aryl methyl sites for hydroxylation is 2. The Morgan fingerprint density at radius 1 is 1.25 bits per heavy atom. The lowest BCUT2D eigenvalue weighted by molar-refractivity contribution is 0.470. The van der Waals surface area contributed by atoms with Gasteiger partial charge in [-0.1, -0.05) is 20.3 Å². The van der Waals surface area contributed by atoms with Crippen LogP contribution < -0.4 is 5.32 Å². The summed E-state index contributed by atoms with van der Waals surface area (Å²) in [6.45, 7) is 9.42. The number of phenols is 1. The molecule has 1 aromatic rings. The van der Waals surface area contributed by atoms with E-state index in [0.29, 0.717) is 11.7 Å². The van der Waals surface area contributed by atoms with Crippen LogP contribution in [-0.4, -0.2) is 11.7 Å². The van der Waals surface area contributed by atoms with E-state index in [9.17, 15) is 5.11 Å². The van der Waals surface area contributed by atoms with Gasteiger partial charge >= 0.3 is 0 Å². The Labute approximate surface area is 98.7 Å². The summed E-state index contributed by atoms with van der Waals surface area (Å²) >= 11 is 0. The average molecular weight is 221 g/mol. The first-order valence-electron chi connectivity index (χ1n) is 6.08. The smallest absolute Gasteiger partial charge is 0.118 e. The van der Waals surface area contributed by atoms with Crippen LogP contribution in [0.2, 0.25) is 0 Å². The Bertz CT molecular complexity index is 347. The molecule has 0 spiro atoms. The molecule has 1 aromatic carbocycles. The molecule has 0 saturated carbocycles. The van der Waals surface area contributed by atoms with Gasteiger partial charge < -0.3 is 10.4 Å². The Hall–Kier alpha value is -1.18. The largest absolute Gasteiger partial charge is 0.508 e. The minimum Gasteiger partial charge on any atom is -0.508 e. The zero-order chi connectivity index (χ0) is 12.1. The first-order valence-corrected chi connectivity index (χ1v) is 6.08. The lowest BCUT2D eigenvalue weighted by Gasteiger charge is -2.15. The molecule has 2 heteroatoms. The van der Waals surface area contributed by atoms with Crippen molar-refractivity contribution in [2.45, 2.75) is 40.5 Å². The molecule has 0 aromatic heterocycles. The lowest BCUT2D eigenvalue weighted by Crippen LogP contribution is -2.11. The van der Waals surface area contributed by atoms with Crippen molar-refractivity contribution < 1.29 is 5.11 Å². The third-order valence-electron chi connectivity index (χ3n) is 2.97. The molecule has 2 nitrogen and oxygen atoms in total. The van der Waals surface area contributed by atoms with Crippen LogP contribution in [0.5, 0.6) is 5.75 Å². The molecule has 0 bridgehead atoms. The molecular weight excluding hydrogens is 198 g/mol. The first-order chi connectivity index (χ1) is 7.54. The second kappa shape index (κ2) is 5.78. The lowest BCUT2D eigenvalue weighted by atomic mass is 10.1. The molecule has 2 N–H and O–H groups in total. The second-order valence-electron chi connectivity index (χ2n) is 4.73. The van der Waals surface area contributed by atoms with Gasteiger partial charge in [0, 0.05) is 12.2 Å². The molecule has 0 heterocycles. The summed E-state index contributed by atoms with van der Waals surface area (Å²) in [5, 5.41) is 13.0. The van der Waals surface area contributed by atoms with Crippen LogP contribution >= 0.6 is 0 Å². The third kappa shape index (κ3) is 3.44. The van der Waals surface area contributed by atoms with Gasteiger partial charge in [0.2, 0.25) is 0 Å². The van der Waals surface area contributed by atoms with E-state index in [1.165, 1.54) is 12.8 Å². The quantitative estimate of drug-likeness (QED) is 0.740. The third-order valence-corrected chi connectivity index (χ3v) is 2.97. The topological polar surface area (TPSA) is 32.3 Å². The molecule has 90 valence electrons. The first kappa shape index (κ1) is 12.9. The van der Waals surface area contributed by atoms with Gasteiger partial charge in [0.15, 0.2) is 0 Å². The van der Waals surface area contributed by atoms with Crippen LogP contribution in [-0.2, 0) is 0 Å². The predicted molar refractivity (Wildman–Crippen MR) is 70.1 cm³/mol. The summed E-state index contributed by atoms with van der Waals surface area (Å²) in [7, 11) is 0. The monoisotopic (exact) mass is 221 g/mol. The molecule has 1 unspecified atom stereocenters. The molecule has 0 aliphatic carbocycles. The highest BCUT2D eigenvalue weighted by molar-refractivity contribution is 5.56. The molecule has 0 amide bonds. The van der Waals surface area contributed by atoms with Crippen molar-refractivity contribution in [2.24, 2.45) is 5.92 Å². The maximum absolute atomic E-state index is 9.56. The number of anilines is 1. The number of hydrogen-bond acceptors (Lipinski definition) is 2. The van der Waals surface area contributed by atoms with Crippen molar-refractivity contribution in [3.05, 3.63) is 23.3 Å². The Balaban J connectivity index is 2.63. The van der Waals surface area contributed by atoms with E-state index >= 15 is 0 Å². The zero-order valence-corrected chi connectivity index (χ0v) is 10.8. The summed E-state index contributed by atoms with van der Waals surface area (Å²) in [6, 6.07) is 3.84. The van der Waals surface area contributed by atoms with Crippen LogP contribution in [0.25, 0.3) is 0 Å². The van der Waals surface area contributed by atoms with Crippen molar-refractivity contribution in [1.82, 2.24) is 0 Å². The van der Waals surface area contributed by atoms with E-state index < -0.39 is 0 Å². The predicted octanol–water partition coefficient (Wildman–Crippen LogP) is 3.86. The van der Waals surface area contributed by atoms with Crippen LogP contribution in [0.15, 0.2) is 12.1 Å². The minimum absolute atomic E-state index is 0.379. The fourth-order valence-electron chi connectivity index (χ4n) is 1.87. The molecule has 0 aliphatic heterocycles. The second-order valence-corrected chi connectivity index (χ2v) is 4.73. The highest BCUT2D eigenvalue weighted by Gasteiger charge is 2.05. The van der Waals surface area contributed by atoms with E-state index in [1.54, 1.807) is 0 Å². The number of nitrogens with one attached hydrogen (secondary N) is 1. The molecular formula is C14H23NO. The van der Waals surface area contributed by atoms with E-state index in [0.717, 1.165) is 23.4 Å². The molecule has 0 radical (unpaired) electrons. The average Bonchev–Trinajstić information content (AvgIpc) is 2.22. The van der Waals surface area contributed by atoms with Gasteiger partial charge in [-0.2, -0.15) is 0 Å². The number of phenolic OH excluding ortho intramolecular Hbond substituents is 1. The molecule has 0 saturated heterocycles. The van der Waals surface area contributed by atoms with Crippen molar-refractivity contribution in [1.29, 1.82) is 0 Å². The zero-order valence-electron chi connectivity index (χ0n) is 10.8. The summed E-state index contributed by atoms with van der Waals surface area (Å²) in [5.41, 5.74) is 3.17. The number of hydrogen-bond donors (Lipinski definition) is 2. The van der Waals surface area contributed by atoms with E-state index in [-0.39, 0.29) is 0 Å². The standard InChI is InChI=1S/C14H23NO/c1-5-6-10(2)9-15-13-7-12(4)14(16)8-11(13)3/h7-8,10,15-16H,5-6,9H2,1-4H3. The molecule has 0 aliphatic rings. The van der Waals surface area contributed by atoms with Crippen molar-refractivity contribution in [3.63, 3.8) is 0 Å². The van der Waals surface area contributed by atoms with Crippen molar-refractivity contribution in [2.75, 3.05) is 11.9 Å². The van der Waals surface area contributed by atoms with Crippen molar-refractivity contribution >= 4 is 5.69 Å². The Kier molecular flexibility index (Phi) is 4.66. The maximum Gasteiger partial charge on any atom is 0.118 e. The highest BCUT2D eigenvalue weighted by atomic mass is 16.3. The Morgan fingerprint density at radius 2 is 1.94 bits per heavy atom. The SMILES string of the molecule is CCCC(C)CNc1cc(C)c(O)cc1C. The number of aromatic hydroxyl groups is 1. The maximum atomic E-state index is 9.56. The van der Waals surface area contributed by atoms with Gasteiger partial charge in [-0.25, -0.2) is 0 Å². The van der Waals surface area contributed by atoms with Gasteiger partial charge in [-0.05, 0) is 49.4 Å². The summed E-state index contributed by atoms with van der Waals surface area (Å²) in [5.74, 6) is 1.07. The number of benzene rings is 1. The van der Waals surface area contributed by atoms with Gasteiger partial charge in [0.25, 0.3) is 0 Å². The summed E-state index contributed by atoms with van der Waals surface area (Å²) in [6.07, 6.45) is 2.49. The minimum atomic E-state index is 0.379. The van der Waals surface area contributed by atoms with Crippen LogP contribution in [0.1, 0.15) is 37.8 Å². The highest BCUT2D eigenvalue weighted by Crippen LogP contribution is 2.25. The summed E-state index contributed by atoms with van der Waals surface area (Å²) < 4.78 is 0. The molecule has 1 atom stereocenters. The molecule has 16 heavy (non-hydrogen) atoms.